The molecule has 1 unspecified atom stereocenters. The van der Waals surface area contributed by atoms with Gasteiger partial charge in [-0.2, -0.15) is 4.58 Å². The number of hydrogen-bond acceptors (Lipinski definition) is 1. The molecule has 1 atom stereocenters. The lowest BCUT2D eigenvalue weighted by Gasteiger charge is -2.14. The van der Waals surface area contributed by atoms with E-state index in [2.05, 4.69) is 9.84 Å². The van der Waals surface area contributed by atoms with Gasteiger partial charge in [0.05, 0.1) is 0 Å². The maximum absolute atomic E-state index is 12.9. The summed E-state index contributed by atoms with van der Waals surface area (Å²) in [6, 6.07) is 6.09. The average Bonchev–Trinajstić information content (AvgIpc) is 2.73. The summed E-state index contributed by atoms with van der Waals surface area (Å²) in [5, 5.41) is 0. The first-order valence-corrected chi connectivity index (χ1v) is 5.75. The van der Waals surface area contributed by atoms with E-state index >= 15 is 0 Å². The zero-order valence-electron chi connectivity index (χ0n) is 10.7. The van der Waals surface area contributed by atoms with Crippen molar-refractivity contribution in [2.45, 2.75) is 26.9 Å². The number of rotatable bonds is 1. The second kappa shape index (κ2) is 4.34. The predicted molar refractivity (Wildman–Crippen MR) is 69.7 cm³/mol. The molecule has 1 aromatic rings. The van der Waals surface area contributed by atoms with Gasteiger partial charge in [0.15, 0.2) is 0 Å². The fraction of sp³-hybridized carbons (Fsp3) is 0.357. The van der Waals surface area contributed by atoms with E-state index in [4.69, 9.17) is 6.57 Å². The molecule has 1 aromatic carbocycles. The third-order valence-electron chi connectivity index (χ3n) is 2.84. The second-order valence-corrected chi connectivity index (χ2v) is 5.27. The van der Waals surface area contributed by atoms with Crippen molar-refractivity contribution in [1.82, 2.24) is 0 Å². The van der Waals surface area contributed by atoms with Gasteiger partial charge in [-0.25, -0.2) is 11.0 Å². The summed E-state index contributed by atoms with van der Waals surface area (Å²) < 4.78 is 14.7. The van der Waals surface area contributed by atoms with Crippen LogP contribution in [0.15, 0.2) is 29.3 Å². The molecular formula is C14H15FN3+. The Balaban J connectivity index is 2.35. The highest BCUT2D eigenvalue weighted by Gasteiger charge is 2.45. The van der Waals surface area contributed by atoms with Crippen molar-refractivity contribution in [3.05, 3.63) is 41.5 Å². The summed E-state index contributed by atoms with van der Waals surface area (Å²) >= 11 is 0. The minimum absolute atomic E-state index is 0.152. The van der Waals surface area contributed by atoms with E-state index in [1.165, 1.54) is 12.1 Å². The summed E-state index contributed by atoms with van der Waals surface area (Å²) in [5.41, 5.74) is 1.46. The smallest absolute Gasteiger partial charge is 0.259 e. The number of hydrogen-bond donors (Lipinski definition) is 0. The van der Waals surface area contributed by atoms with Crippen LogP contribution in [0.3, 0.4) is 0 Å². The Kier molecular flexibility index (Phi) is 3.00. The van der Waals surface area contributed by atoms with Crippen LogP contribution < -0.4 is 0 Å². The molecule has 0 aliphatic carbocycles. The van der Waals surface area contributed by atoms with E-state index in [0.717, 1.165) is 11.4 Å². The average molecular weight is 244 g/mol. The van der Waals surface area contributed by atoms with Crippen molar-refractivity contribution in [1.29, 1.82) is 0 Å². The normalized spacial score (nSPS) is 19.2. The standard InChI is InChI=1S/C14H15FN3/c1-14(2,3)12-13(16-4)18(9-17-12)11-7-5-10(15)6-8-11/h5-9,13H,1-3H3/q+1. The van der Waals surface area contributed by atoms with Crippen molar-refractivity contribution >= 4 is 17.7 Å². The summed E-state index contributed by atoms with van der Waals surface area (Å²) in [5.74, 6) is -0.283. The van der Waals surface area contributed by atoms with Crippen LogP contribution in [0.4, 0.5) is 10.1 Å². The quantitative estimate of drug-likeness (QED) is 0.534. The van der Waals surface area contributed by atoms with Gasteiger partial charge in [-0.1, -0.05) is 20.8 Å². The van der Waals surface area contributed by atoms with Gasteiger partial charge in [0, 0.05) is 5.41 Å². The van der Waals surface area contributed by atoms with Crippen LogP contribution in [0, 0.1) is 17.8 Å². The highest BCUT2D eigenvalue weighted by molar-refractivity contribution is 6.00. The van der Waals surface area contributed by atoms with Gasteiger partial charge in [0.1, 0.15) is 11.5 Å². The third kappa shape index (κ3) is 2.17. The van der Waals surface area contributed by atoms with Crippen LogP contribution in [0.1, 0.15) is 20.8 Å². The van der Waals surface area contributed by atoms with Crippen LogP contribution in [0.25, 0.3) is 4.85 Å². The van der Waals surface area contributed by atoms with Gasteiger partial charge in [-0.05, 0) is 29.3 Å². The molecule has 4 heteroatoms. The second-order valence-electron chi connectivity index (χ2n) is 5.27. The number of benzene rings is 1. The van der Waals surface area contributed by atoms with Gasteiger partial charge in [0.2, 0.25) is 0 Å². The Bertz CT molecular complexity index is 556. The molecule has 92 valence electrons. The fourth-order valence-corrected chi connectivity index (χ4v) is 1.91. The third-order valence-corrected chi connectivity index (χ3v) is 2.84. The van der Waals surface area contributed by atoms with E-state index < -0.39 is 6.17 Å². The number of nitrogens with zero attached hydrogens (tertiary/aromatic N) is 3. The summed E-state index contributed by atoms with van der Waals surface area (Å²) in [4.78, 5) is 7.99. The highest BCUT2D eigenvalue weighted by atomic mass is 19.1. The van der Waals surface area contributed by atoms with Crippen LogP contribution in [-0.2, 0) is 0 Å². The molecule has 0 saturated heterocycles. The molecular weight excluding hydrogens is 229 g/mol. The van der Waals surface area contributed by atoms with Crippen molar-refractivity contribution in [2.24, 2.45) is 10.4 Å². The van der Waals surface area contributed by atoms with E-state index in [1.54, 1.807) is 23.0 Å². The molecule has 0 saturated carbocycles. The first-order valence-electron chi connectivity index (χ1n) is 5.75. The molecule has 1 aliphatic heterocycles. The lowest BCUT2D eigenvalue weighted by Crippen LogP contribution is -2.33. The lowest BCUT2D eigenvalue weighted by atomic mass is 9.88. The highest BCUT2D eigenvalue weighted by Crippen LogP contribution is 2.27. The van der Waals surface area contributed by atoms with Gasteiger partial charge < -0.3 is 0 Å². The van der Waals surface area contributed by atoms with Crippen molar-refractivity contribution < 1.29 is 8.97 Å². The summed E-state index contributed by atoms with van der Waals surface area (Å²) in [7, 11) is 0. The SMILES string of the molecule is [C-]#[N+]C1C(C(C)(C)C)=NC=[N+]1c1ccc(F)cc1. The van der Waals surface area contributed by atoms with Crippen molar-refractivity contribution in [2.75, 3.05) is 0 Å². The zero-order chi connectivity index (χ0) is 13.3. The van der Waals surface area contributed by atoms with Gasteiger partial charge >= 0.3 is 6.17 Å². The first-order chi connectivity index (χ1) is 8.43. The maximum Gasteiger partial charge on any atom is 0.425 e. The van der Waals surface area contributed by atoms with E-state index in [1.807, 2.05) is 20.8 Å². The van der Waals surface area contributed by atoms with E-state index in [-0.39, 0.29) is 11.2 Å². The van der Waals surface area contributed by atoms with E-state index in [9.17, 15) is 4.39 Å². The molecule has 0 bridgehead atoms. The molecule has 0 radical (unpaired) electrons. The number of halogens is 1. The molecule has 2 rings (SSSR count). The minimum Gasteiger partial charge on any atom is -0.259 e. The van der Waals surface area contributed by atoms with Crippen molar-refractivity contribution in [3.8, 4) is 0 Å². The summed E-state index contributed by atoms with van der Waals surface area (Å²) in [6.07, 6.45) is 1.21. The van der Waals surface area contributed by atoms with Crippen LogP contribution in [0.5, 0.6) is 0 Å². The van der Waals surface area contributed by atoms with Crippen LogP contribution in [-0.4, -0.2) is 22.8 Å². The molecule has 0 aromatic heterocycles. The molecule has 3 nitrogen and oxygen atoms in total. The lowest BCUT2D eigenvalue weighted by molar-refractivity contribution is -0.444. The monoisotopic (exact) mass is 244 g/mol. The Labute approximate surface area is 106 Å². The topological polar surface area (TPSA) is 19.7 Å². The minimum atomic E-state index is -0.435. The van der Waals surface area contributed by atoms with E-state index in [0.29, 0.717) is 0 Å². The van der Waals surface area contributed by atoms with Crippen LogP contribution in [0.2, 0.25) is 0 Å². The molecule has 0 spiro atoms. The Hall–Kier alpha value is -2.02. The Morgan fingerprint density at radius 2 is 1.89 bits per heavy atom. The molecule has 0 fully saturated rings. The molecule has 1 aliphatic rings. The Morgan fingerprint density at radius 3 is 2.39 bits per heavy atom. The molecule has 0 N–H and O–H groups in total. The number of aliphatic imine (C=N–C) groups is 1. The Morgan fingerprint density at radius 1 is 1.28 bits per heavy atom. The molecule has 18 heavy (non-hydrogen) atoms. The maximum atomic E-state index is 12.9. The van der Waals surface area contributed by atoms with Crippen LogP contribution >= 0.6 is 0 Å². The first kappa shape index (κ1) is 12.4. The van der Waals surface area contributed by atoms with Gasteiger partial charge in [-0.3, -0.25) is 4.85 Å². The summed E-state index contributed by atoms with van der Waals surface area (Å²) in [6.45, 7) is 13.4. The molecule has 1 heterocycles. The predicted octanol–water partition coefficient (Wildman–Crippen LogP) is 3.24. The van der Waals surface area contributed by atoms with Gasteiger partial charge in [0.25, 0.3) is 12.1 Å². The zero-order valence-corrected chi connectivity index (χ0v) is 10.7. The van der Waals surface area contributed by atoms with Gasteiger partial charge in [-0.15, -0.1) is 0 Å². The largest absolute Gasteiger partial charge is 0.425 e. The van der Waals surface area contributed by atoms with Crippen molar-refractivity contribution in [3.63, 3.8) is 0 Å². The fourth-order valence-electron chi connectivity index (χ4n) is 1.91. The molecule has 0 amide bonds.